The molecule has 1 aliphatic heterocycles. The SMILES string of the molecule is Cc1ccc(C)c(-c2csc(NC(=O)C3=NN(c4ccccc4)[C@H](C(N)=O)C3)n2)c1. The number of carbonyl (C=O) groups excluding carboxylic acids is 2. The Morgan fingerprint density at radius 1 is 1.17 bits per heavy atom. The second-order valence-electron chi connectivity index (χ2n) is 7.16. The molecule has 1 atom stereocenters. The Balaban J connectivity index is 1.54. The lowest BCUT2D eigenvalue weighted by Gasteiger charge is -2.20. The molecule has 2 aromatic carbocycles. The Labute approximate surface area is 178 Å². The van der Waals surface area contributed by atoms with Crippen molar-refractivity contribution in [2.75, 3.05) is 10.3 Å². The van der Waals surface area contributed by atoms with E-state index in [9.17, 15) is 9.59 Å². The Bertz CT molecular complexity index is 1140. The number of thiazole rings is 1. The van der Waals surface area contributed by atoms with Crippen molar-refractivity contribution in [3.63, 3.8) is 0 Å². The topological polar surface area (TPSA) is 101 Å². The highest BCUT2D eigenvalue weighted by molar-refractivity contribution is 7.14. The number of hydrogen-bond acceptors (Lipinski definition) is 6. The van der Waals surface area contributed by atoms with Crippen LogP contribution in [0.4, 0.5) is 10.8 Å². The molecule has 0 fully saturated rings. The lowest BCUT2D eigenvalue weighted by molar-refractivity contribution is -0.119. The Morgan fingerprint density at radius 2 is 1.93 bits per heavy atom. The highest BCUT2D eigenvalue weighted by Gasteiger charge is 2.35. The molecule has 1 aliphatic rings. The van der Waals surface area contributed by atoms with Crippen LogP contribution in [0, 0.1) is 13.8 Å². The van der Waals surface area contributed by atoms with Gasteiger partial charge < -0.3 is 5.73 Å². The molecule has 0 bridgehead atoms. The summed E-state index contributed by atoms with van der Waals surface area (Å²) in [5.74, 6) is -0.918. The van der Waals surface area contributed by atoms with Gasteiger partial charge in [0.2, 0.25) is 5.91 Å². The molecule has 0 unspecified atom stereocenters. The van der Waals surface area contributed by atoms with Crippen molar-refractivity contribution in [2.24, 2.45) is 10.8 Å². The van der Waals surface area contributed by atoms with Crippen molar-refractivity contribution in [2.45, 2.75) is 26.3 Å². The molecule has 0 radical (unpaired) electrons. The lowest BCUT2D eigenvalue weighted by atomic mass is 10.0. The van der Waals surface area contributed by atoms with Gasteiger partial charge in [-0.1, -0.05) is 35.9 Å². The summed E-state index contributed by atoms with van der Waals surface area (Å²) in [6, 6.07) is 14.7. The zero-order chi connectivity index (χ0) is 21.3. The smallest absolute Gasteiger partial charge is 0.273 e. The maximum Gasteiger partial charge on any atom is 0.273 e. The predicted octanol–water partition coefficient (Wildman–Crippen LogP) is 3.49. The number of hydrogen-bond donors (Lipinski definition) is 2. The third-order valence-electron chi connectivity index (χ3n) is 4.92. The van der Waals surface area contributed by atoms with Crippen LogP contribution in [0.5, 0.6) is 0 Å². The number of aryl methyl sites for hydroxylation is 2. The molecule has 152 valence electrons. The molecule has 8 heteroatoms. The molecule has 3 N–H and O–H groups in total. The largest absolute Gasteiger partial charge is 0.368 e. The van der Waals surface area contributed by atoms with E-state index in [1.165, 1.54) is 16.3 Å². The monoisotopic (exact) mass is 419 g/mol. The number of carbonyl (C=O) groups is 2. The minimum absolute atomic E-state index is 0.144. The number of nitrogens with one attached hydrogen (secondary N) is 1. The first-order valence-electron chi connectivity index (χ1n) is 9.48. The minimum atomic E-state index is -0.699. The first kappa shape index (κ1) is 19.8. The van der Waals surface area contributed by atoms with Gasteiger partial charge in [0.1, 0.15) is 11.8 Å². The fourth-order valence-electron chi connectivity index (χ4n) is 3.32. The summed E-state index contributed by atoms with van der Waals surface area (Å²) in [5.41, 5.74) is 10.6. The molecule has 0 aliphatic carbocycles. The molecule has 1 aromatic heterocycles. The number of amides is 2. The van der Waals surface area contributed by atoms with Gasteiger partial charge in [-0.25, -0.2) is 4.98 Å². The zero-order valence-corrected chi connectivity index (χ0v) is 17.4. The highest BCUT2D eigenvalue weighted by atomic mass is 32.1. The number of aromatic nitrogens is 1. The molecule has 0 saturated carbocycles. The maximum absolute atomic E-state index is 12.8. The molecule has 2 amide bonds. The Kier molecular flexibility index (Phi) is 5.33. The summed E-state index contributed by atoms with van der Waals surface area (Å²) < 4.78 is 0. The number of nitrogens with two attached hydrogens (primary N) is 1. The van der Waals surface area contributed by atoms with E-state index >= 15 is 0 Å². The van der Waals surface area contributed by atoms with Crippen LogP contribution < -0.4 is 16.1 Å². The van der Waals surface area contributed by atoms with Crippen LogP contribution in [0.1, 0.15) is 17.5 Å². The standard InChI is InChI=1S/C22H21N5O2S/c1-13-8-9-14(2)16(10-13)18-12-30-22(24-18)25-21(29)17-11-19(20(23)28)27(26-17)15-6-4-3-5-7-15/h3-10,12,19H,11H2,1-2H3,(H2,23,28)(H,24,25,29)/t19-/m0/s1. The Morgan fingerprint density at radius 3 is 2.67 bits per heavy atom. The van der Waals surface area contributed by atoms with Gasteiger partial charge in [-0.05, 0) is 37.6 Å². The van der Waals surface area contributed by atoms with Crippen molar-refractivity contribution in [1.82, 2.24) is 4.98 Å². The molecule has 0 spiro atoms. The van der Waals surface area contributed by atoms with E-state index in [0.717, 1.165) is 22.4 Å². The summed E-state index contributed by atoms with van der Waals surface area (Å²) in [7, 11) is 0. The van der Waals surface area contributed by atoms with Gasteiger partial charge in [0, 0.05) is 17.4 Å². The molecule has 30 heavy (non-hydrogen) atoms. The number of anilines is 2. The van der Waals surface area contributed by atoms with E-state index in [0.29, 0.717) is 10.8 Å². The number of hydrazone groups is 1. The van der Waals surface area contributed by atoms with Crippen molar-refractivity contribution < 1.29 is 9.59 Å². The van der Waals surface area contributed by atoms with Gasteiger partial charge >= 0.3 is 0 Å². The number of benzene rings is 2. The van der Waals surface area contributed by atoms with Crippen LogP contribution in [0.15, 0.2) is 59.0 Å². The second kappa shape index (κ2) is 8.08. The van der Waals surface area contributed by atoms with Crippen molar-refractivity contribution in [1.29, 1.82) is 0 Å². The normalized spacial score (nSPS) is 15.7. The third-order valence-corrected chi connectivity index (χ3v) is 5.67. The summed E-state index contributed by atoms with van der Waals surface area (Å²) in [6.45, 7) is 4.06. The van der Waals surface area contributed by atoms with Crippen molar-refractivity contribution in [3.8, 4) is 11.3 Å². The van der Waals surface area contributed by atoms with Crippen molar-refractivity contribution in [3.05, 3.63) is 65.0 Å². The lowest BCUT2D eigenvalue weighted by Crippen LogP contribution is -2.39. The fourth-order valence-corrected chi connectivity index (χ4v) is 4.03. The van der Waals surface area contributed by atoms with E-state index in [-0.39, 0.29) is 18.0 Å². The van der Waals surface area contributed by atoms with Gasteiger partial charge in [-0.3, -0.25) is 19.9 Å². The van der Waals surface area contributed by atoms with Gasteiger partial charge in [0.05, 0.1) is 11.4 Å². The molecular formula is C22H21N5O2S. The molecule has 3 aromatic rings. The van der Waals surface area contributed by atoms with Gasteiger partial charge in [-0.15, -0.1) is 11.3 Å². The summed E-state index contributed by atoms with van der Waals surface area (Å²) in [5, 5.41) is 11.1. The molecule has 2 heterocycles. The first-order valence-corrected chi connectivity index (χ1v) is 10.4. The van der Waals surface area contributed by atoms with Crippen LogP contribution >= 0.6 is 11.3 Å². The van der Waals surface area contributed by atoms with Gasteiger partial charge in [-0.2, -0.15) is 5.10 Å². The number of para-hydroxylation sites is 1. The molecule has 7 nitrogen and oxygen atoms in total. The van der Waals surface area contributed by atoms with E-state index in [1.807, 2.05) is 49.6 Å². The van der Waals surface area contributed by atoms with Crippen LogP contribution in [0.25, 0.3) is 11.3 Å². The summed E-state index contributed by atoms with van der Waals surface area (Å²) >= 11 is 1.35. The van der Waals surface area contributed by atoms with Crippen LogP contribution in [0.2, 0.25) is 0 Å². The molecule has 4 rings (SSSR count). The van der Waals surface area contributed by atoms with Gasteiger partial charge in [0.15, 0.2) is 5.13 Å². The third kappa shape index (κ3) is 3.95. The van der Waals surface area contributed by atoms with Crippen molar-refractivity contribution >= 4 is 39.7 Å². The first-order chi connectivity index (χ1) is 14.4. The van der Waals surface area contributed by atoms with E-state index in [4.69, 9.17) is 5.73 Å². The average Bonchev–Trinajstić information content (AvgIpc) is 3.38. The van der Waals surface area contributed by atoms with Gasteiger partial charge in [0.25, 0.3) is 5.91 Å². The predicted molar refractivity (Wildman–Crippen MR) is 120 cm³/mol. The molecular weight excluding hydrogens is 398 g/mol. The zero-order valence-electron chi connectivity index (χ0n) is 16.6. The summed E-state index contributed by atoms with van der Waals surface area (Å²) in [4.78, 5) is 29.2. The highest BCUT2D eigenvalue weighted by Crippen LogP contribution is 2.29. The molecule has 0 saturated heterocycles. The maximum atomic E-state index is 12.8. The second-order valence-corrected chi connectivity index (χ2v) is 8.02. The Hall–Kier alpha value is -3.52. The number of rotatable bonds is 5. The average molecular weight is 420 g/mol. The van der Waals surface area contributed by atoms with E-state index in [1.54, 1.807) is 0 Å². The van der Waals surface area contributed by atoms with E-state index in [2.05, 4.69) is 33.6 Å². The number of primary amides is 1. The van der Waals surface area contributed by atoms with Crippen LogP contribution in [0.3, 0.4) is 0 Å². The van der Waals surface area contributed by atoms with Crippen LogP contribution in [-0.4, -0.2) is 28.6 Å². The number of nitrogens with zero attached hydrogens (tertiary/aromatic N) is 3. The van der Waals surface area contributed by atoms with Crippen LogP contribution in [-0.2, 0) is 9.59 Å². The quantitative estimate of drug-likeness (QED) is 0.661. The fraction of sp³-hybridized carbons (Fsp3) is 0.182. The van der Waals surface area contributed by atoms with E-state index < -0.39 is 11.9 Å². The summed E-state index contributed by atoms with van der Waals surface area (Å²) in [6.07, 6.45) is 0.144. The minimum Gasteiger partial charge on any atom is -0.368 e.